The average molecular weight is 169 g/mol. The Labute approximate surface area is 78.8 Å². The van der Waals surface area contributed by atoms with E-state index in [1.807, 2.05) is 0 Å². The average Bonchev–Trinajstić information content (AvgIpc) is 1.77. The largest absolute Gasteiger partial charge is 0.0651 e. The zero-order valence-corrected chi connectivity index (χ0v) is 9.86. The first kappa shape index (κ1) is 12.0. The Bertz CT molecular complexity index is 106. The van der Waals surface area contributed by atoms with Crippen LogP contribution in [0.4, 0.5) is 0 Å². The smallest absolute Gasteiger partial charge is 0.0285 e. The summed E-state index contributed by atoms with van der Waals surface area (Å²) in [5.41, 5.74) is 0.794. The Hall–Kier alpha value is 0. The van der Waals surface area contributed by atoms with Crippen molar-refractivity contribution in [1.82, 2.24) is 0 Å². The monoisotopic (exact) mass is 169 g/mol. The SMILES string of the molecule is CC[CH]C(C(C)(C)C)C(C)(C)C. The molecule has 0 saturated carbocycles. The van der Waals surface area contributed by atoms with Crippen molar-refractivity contribution in [2.75, 3.05) is 0 Å². The normalized spacial score (nSPS) is 14.0. The highest BCUT2D eigenvalue weighted by atomic mass is 14.4. The van der Waals surface area contributed by atoms with Crippen LogP contribution >= 0.6 is 0 Å². The van der Waals surface area contributed by atoms with Crippen molar-refractivity contribution in [2.24, 2.45) is 16.7 Å². The van der Waals surface area contributed by atoms with E-state index < -0.39 is 0 Å². The Kier molecular flexibility index (Phi) is 3.81. The van der Waals surface area contributed by atoms with Crippen LogP contribution in [0.2, 0.25) is 0 Å². The molecule has 0 N–H and O–H groups in total. The first-order chi connectivity index (χ1) is 5.19. The summed E-state index contributed by atoms with van der Waals surface area (Å²) in [7, 11) is 0. The maximum Gasteiger partial charge on any atom is -0.0285 e. The van der Waals surface area contributed by atoms with Gasteiger partial charge in [-0.15, -0.1) is 0 Å². The lowest BCUT2D eigenvalue weighted by atomic mass is 9.65. The Morgan fingerprint density at radius 3 is 1.33 bits per heavy atom. The van der Waals surface area contributed by atoms with Gasteiger partial charge in [-0.3, -0.25) is 0 Å². The van der Waals surface area contributed by atoms with Crippen LogP contribution in [0, 0.1) is 23.2 Å². The van der Waals surface area contributed by atoms with Crippen molar-refractivity contribution in [1.29, 1.82) is 0 Å². The molecule has 0 saturated heterocycles. The maximum atomic E-state index is 2.46. The highest BCUT2D eigenvalue weighted by Crippen LogP contribution is 2.41. The second-order valence-corrected chi connectivity index (χ2v) is 5.85. The minimum Gasteiger partial charge on any atom is -0.0651 e. The molecule has 0 unspecified atom stereocenters. The molecule has 1 radical (unpaired) electrons. The van der Waals surface area contributed by atoms with Crippen LogP contribution in [0.25, 0.3) is 0 Å². The van der Waals surface area contributed by atoms with Crippen molar-refractivity contribution in [3.8, 4) is 0 Å². The van der Waals surface area contributed by atoms with Gasteiger partial charge in [0.1, 0.15) is 0 Å². The van der Waals surface area contributed by atoms with E-state index in [4.69, 9.17) is 0 Å². The highest BCUT2D eigenvalue weighted by molar-refractivity contribution is 4.92. The van der Waals surface area contributed by atoms with Crippen LogP contribution in [-0.2, 0) is 0 Å². The Balaban J connectivity index is 4.45. The summed E-state index contributed by atoms with van der Waals surface area (Å²) in [6.07, 6.45) is 3.64. The first-order valence-corrected chi connectivity index (χ1v) is 5.03. The van der Waals surface area contributed by atoms with Gasteiger partial charge in [-0.05, 0) is 23.2 Å². The molecule has 0 heterocycles. The van der Waals surface area contributed by atoms with Gasteiger partial charge in [-0.25, -0.2) is 0 Å². The van der Waals surface area contributed by atoms with Gasteiger partial charge in [-0.2, -0.15) is 0 Å². The van der Waals surface area contributed by atoms with Crippen molar-refractivity contribution >= 4 is 0 Å². The third-order valence-corrected chi connectivity index (χ3v) is 2.34. The second-order valence-electron chi connectivity index (χ2n) is 5.85. The third-order valence-electron chi connectivity index (χ3n) is 2.34. The van der Waals surface area contributed by atoms with Gasteiger partial charge in [0.25, 0.3) is 0 Å². The molecule has 0 aliphatic rings. The number of rotatable bonds is 2. The van der Waals surface area contributed by atoms with E-state index in [-0.39, 0.29) is 0 Å². The quantitative estimate of drug-likeness (QED) is 0.578. The summed E-state index contributed by atoms with van der Waals surface area (Å²) < 4.78 is 0. The molecule has 0 heteroatoms. The summed E-state index contributed by atoms with van der Waals surface area (Å²) >= 11 is 0. The molecule has 0 fully saturated rings. The zero-order valence-electron chi connectivity index (χ0n) is 9.86. The molecule has 0 aliphatic carbocycles. The first-order valence-electron chi connectivity index (χ1n) is 5.03. The van der Waals surface area contributed by atoms with Gasteiger partial charge in [0.15, 0.2) is 0 Å². The molecule has 12 heavy (non-hydrogen) atoms. The minimum absolute atomic E-state index is 0.397. The summed E-state index contributed by atoms with van der Waals surface area (Å²) in [6.45, 7) is 16.2. The molecule has 0 bridgehead atoms. The highest BCUT2D eigenvalue weighted by Gasteiger charge is 2.33. The van der Waals surface area contributed by atoms with Crippen LogP contribution in [0.3, 0.4) is 0 Å². The van der Waals surface area contributed by atoms with Crippen LogP contribution < -0.4 is 0 Å². The van der Waals surface area contributed by atoms with Crippen LogP contribution in [0.5, 0.6) is 0 Å². The molecular weight excluding hydrogens is 144 g/mol. The van der Waals surface area contributed by atoms with Crippen LogP contribution in [0.1, 0.15) is 54.9 Å². The molecule has 0 spiro atoms. The van der Waals surface area contributed by atoms with Gasteiger partial charge >= 0.3 is 0 Å². The van der Waals surface area contributed by atoms with Crippen molar-refractivity contribution in [2.45, 2.75) is 54.9 Å². The van der Waals surface area contributed by atoms with Gasteiger partial charge in [0.2, 0.25) is 0 Å². The second kappa shape index (κ2) is 3.81. The van der Waals surface area contributed by atoms with Gasteiger partial charge in [-0.1, -0.05) is 54.9 Å². The van der Waals surface area contributed by atoms with Crippen molar-refractivity contribution < 1.29 is 0 Å². The van der Waals surface area contributed by atoms with Crippen LogP contribution in [0.15, 0.2) is 0 Å². The molecule has 0 nitrogen and oxygen atoms in total. The number of hydrogen-bond donors (Lipinski definition) is 0. The molecule has 0 aliphatic heterocycles. The molecule has 0 aromatic rings. The van der Waals surface area contributed by atoms with Crippen LogP contribution in [-0.4, -0.2) is 0 Å². The summed E-state index contributed by atoms with van der Waals surface area (Å²) in [4.78, 5) is 0. The lowest BCUT2D eigenvalue weighted by Gasteiger charge is -2.40. The lowest BCUT2D eigenvalue weighted by molar-refractivity contribution is 0.130. The Morgan fingerprint density at radius 2 is 1.25 bits per heavy atom. The van der Waals surface area contributed by atoms with E-state index in [9.17, 15) is 0 Å². The van der Waals surface area contributed by atoms with Gasteiger partial charge in [0.05, 0.1) is 0 Å². The fourth-order valence-electron chi connectivity index (χ4n) is 2.24. The topological polar surface area (TPSA) is 0 Å². The summed E-state index contributed by atoms with van der Waals surface area (Å²) in [5, 5.41) is 0. The van der Waals surface area contributed by atoms with Gasteiger partial charge < -0.3 is 0 Å². The van der Waals surface area contributed by atoms with Crippen molar-refractivity contribution in [3.05, 3.63) is 6.42 Å². The van der Waals surface area contributed by atoms with Gasteiger partial charge in [0, 0.05) is 0 Å². The molecule has 0 rings (SSSR count). The maximum absolute atomic E-state index is 2.46. The van der Waals surface area contributed by atoms with E-state index in [1.54, 1.807) is 0 Å². The molecule has 0 aromatic carbocycles. The summed E-state index contributed by atoms with van der Waals surface area (Å²) in [6, 6.07) is 0. The summed E-state index contributed by atoms with van der Waals surface area (Å²) in [5.74, 6) is 0.704. The Morgan fingerprint density at radius 1 is 0.917 bits per heavy atom. The van der Waals surface area contributed by atoms with E-state index >= 15 is 0 Å². The molecular formula is C12H25. The molecule has 73 valence electrons. The minimum atomic E-state index is 0.397. The molecule has 0 amide bonds. The van der Waals surface area contributed by atoms with E-state index in [0.29, 0.717) is 16.7 Å². The predicted molar refractivity (Wildman–Crippen MR) is 57.0 cm³/mol. The standard InChI is InChI=1S/C12H25/c1-8-9-10(11(2,3)4)12(5,6)7/h9-10H,8H2,1-7H3. The molecule has 0 aromatic heterocycles. The van der Waals surface area contributed by atoms with Crippen molar-refractivity contribution in [3.63, 3.8) is 0 Å². The fraction of sp³-hybridized carbons (Fsp3) is 0.917. The zero-order chi connectivity index (χ0) is 9.99. The lowest BCUT2D eigenvalue weighted by Crippen LogP contribution is -2.32. The van der Waals surface area contributed by atoms with E-state index in [1.165, 1.54) is 6.42 Å². The number of hydrogen-bond acceptors (Lipinski definition) is 0. The third kappa shape index (κ3) is 3.60. The molecule has 0 atom stereocenters. The van der Waals surface area contributed by atoms with E-state index in [2.05, 4.69) is 54.9 Å². The van der Waals surface area contributed by atoms with E-state index in [0.717, 1.165) is 0 Å². The predicted octanol–water partition coefficient (Wildman–Crippen LogP) is 4.31. The fourth-order valence-corrected chi connectivity index (χ4v) is 2.24.